The fraction of sp³-hybridized carbons (Fsp3) is 0.417. The number of hydrogen-bond donors (Lipinski definition) is 0. The number of nitriles is 1. The first kappa shape index (κ1) is 10.3. The predicted octanol–water partition coefficient (Wildman–Crippen LogP) is 3.08. The van der Waals surface area contributed by atoms with E-state index in [1.54, 1.807) is 0 Å². The first-order valence-corrected chi connectivity index (χ1v) is 5.57. The van der Waals surface area contributed by atoms with Gasteiger partial charge in [0.25, 0.3) is 0 Å². The molecule has 0 atom stereocenters. The standard InChI is InChI=1S/C12H13ClN2/c13-11-2-1-3-12(8-11)15-6-4-10(9-14)5-7-15/h1-3,8,10H,4-7H2. The normalized spacial score (nSPS) is 17.5. The molecule has 0 aromatic heterocycles. The summed E-state index contributed by atoms with van der Waals surface area (Å²) < 4.78 is 0. The third kappa shape index (κ3) is 2.43. The fourth-order valence-corrected chi connectivity index (χ4v) is 2.12. The van der Waals surface area contributed by atoms with Crippen molar-refractivity contribution in [2.45, 2.75) is 12.8 Å². The van der Waals surface area contributed by atoms with Gasteiger partial charge in [-0.2, -0.15) is 5.26 Å². The quantitative estimate of drug-likeness (QED) is 0.727. The molecule has 0 aliphatic carbocycles. The third-order valence-electron chi connectivity index (χ3n) is 2.85. The molecule has 1 aromatic rings. The van der Waals surface area contributed by atoms with Crippen LogP contribution in [-0.2, 0) is 0 Å². The first-order valence-electron chi connectivity index (χ1n) is 5.20. The number of rotatable bonds is 1. The molecule has 1 fully saturated rings. The van der Waals surface area contributed by atoms with Crippen LogP contribution in [0.4, 0.5) is 5.69 Å². The van der Waals surface area contributed by atoms with Gasteiger partial charge in [-0.3, -0.25) is 0 Å². The van der Waals surface area contributed by atoms with Gasteiger partial charge in [0, 0.05) is 29.7 Å². The number of hydrogen-bond acceptors (Lipinski definition) is 2. The molecule has 0 radical (unpaired) electrons. The summed E-state index contributed by atoms with van der Waals surface area (Å²) in [6, 6.07) is 10.2. The molecule has 1 aromatic carbocycles. The molecule has 78 valence electrons. The molecule has 0 amide bonds. The summed E-state index contributed by atoms with van der Waals surface area (Å²) in [5, 5.41) is 9.58. The van der Waals surface area contributed by atoms with E-state index >= 15 is 0 Å². The van der Waals surface area contributed by atoms with E-state index in [1.807, 2.05) is 18.2 Å². The van der Waals surface area contributed by atoms with Gasteiger partial charge in [-0.05, 0) is 31.0 Å². The average molecular weight is 221 g/mol. The van der Waals surface area contributed by atoms with E-state index < -0.39 is 0 Å². The van der Waals surface area contributed by atoms with Crippen molar-refractivity contribution in [3.8, 4) is 6.07 Å². The molecule has 1 aliphatic rings. The first-order chi connectivity index (χ1) is 7.29. The van der Waals surface area contributed by atoms with Crippen LogP contribution in [0.15, 0.2) is 24.3 Å². The van der Waals surface area contributed by atoms with E-state index in [0.29, 0.717) is 0 Å². The SMILES string of the molecule is N#CC1CCN(c2cccc(Cl)c2)CC1. The average Bonchev–Trinajstić information content (AvgIpc) is 2.29. The predicted molar refractivity (Wildman–Crippen MR) is 62.0 cm³/mol. The zero-order valence-electron chi connectivity index (χ0n) is 8.49. The Morgan fingerprint density at radius 1 is 1.33 bits per heavy atom. The second-order valence-electron chi connectivity index (χ2n) is 3.87. The van der Waals surface area contributed by atoms with E-state index in [1.165, 1.54) is 5.69 Å². The van der Waals surface area contributed by atoms with Gasteiger partial charge in [-0.15, -0.1) is 0 Å². The smallest absolute Gasteiger partial charge is 0.0657 e. The number of halogens is 1. The number of nitrogens with zero attached hydrogens (tertiary/aromatic N) is 2. The van der Waals surface area contributed by atoms with Crippen LogP contribution in [0.1, 0.15) is 12.8 Å². The van der Waals surface area contributed by atoms with Gasteiger partial charge in [0.05, 0.1) is 6.07 Å². The van der Waals surface area contributed by atoms with Crippen LogP contribution < -0.4 is 4.90 Å². The molecule has 0 bridgehead atoms. The molecule has 3 heteroatoms. The highest BCUT2D eigenvalue weighted by Crippen LogP contribution is 2.24. The Hall–Kier alpha value is -1.20. The molecule has 15 heavy (non-hydrogen) atoms. The van der Waals surface area contributed by atoms with Gasteiger partial charge in [0.1, 0.15) is 0 Å². The van der Waals surface area contributed by atoms with Crippen molar-refractivity contribution < 1.29 is 0 Å². The van der Waals surface area contributed by atoms with Crippen LogP contribution in [0.5, 0.6) is 0 Å². The van der Waals surface area contributed by atoms with Crippen molar-refractivity contribution >= 4 is 17.3 Å². The summed E-state index contributed by atoms with van der Waals surface area (Å²) in [5.41, 5.74) is 1.17. The Morgan fingerprint density at radius 2 is 2.07 bits per heavy atom. The molecule has 2 rings (SSSR count). The summed E-state index contributed by atoms with van der Waals surface area (Å²) in [7, 11) is 0. The largest absolute Gasteiger partial charge is 0.371 e. The summed E-state index contributed by atoms with van der Waals surface area (Å²) in [6.45, 7) is 1.91. The van der Waals surface area contributed by atoms with Crippen molar-refractivity contribution in [1.82, 2.24) is 0 Å². The van der Waals surface area contributed by atoms with E-state index in [2.05, 4.69) is 17.0 Å². The van der Waals surface area contributed by atoms with Crippen molar-refractivity contribution in [3.63, 3.8) is 0 Å². The van der Waals surface area contributed by atoms with Crippen LogP contribution in [0.3, 0.4) is 0 Å². The maximum absolute atomic E-state index is 8.80. The Labute approximate surface area is 95.1 Å². The molecular formula is C12H13ClN2. The van der Waals surface area contributed by atoms with Crippen LogP contribution in [0, 0.1) is 17.2 Å². The summed E-state index contributed by atoms with van der Waals surface area (Å²) in [4.78, 5) is 2.29. The molecule has 1 saturated heterocycles. The lowest BCUT2D eigenvalue weighted by Crippen LogP contribution is -2.33. The number of benzene rings is 1. The van der Waals surface area contributed by atoms with Crippen LogP contribution in [-0.4, -0.2) is 13.1 Å². The maximum Gasteiger partial charge on any atom is 0.0657 e. The van der Waals surface area contributed by atoms with E-state index in [9.17, 15) is 0 Å². The Bertz CT molecular complexity index is 375. The Balaban J connectivity index is 2.05. The van der Waals surface area contributed by atoms with E-state index in [0.717, 1.165) is 31.0 Å². The summed E-state index contributed by atoms with van der Waals surface area (Å²) in [5.74, 6) is 0.237. The van der Waals surface area contributed by atoms with Gasteiger partial charge in [-0.25, -0.2) is 0 Å². The molecule has 1 heterocycles. The van der Waals surface area contributed by atoms with Crippen LogP contribution in [0.2, 0.25) is 5.02 Å². The highest BCUT2D eigenvalue weighted by molar-refractivity contribution is 6.30. The summed E-state index contributed by atoms with van der Waals surface area (Å²) in [6.07, 6.45) is 1.92. The molecular weight excluding hydrogens is 208 g/mol. The number of piperidine rings is 1. The molecule has 0 N–H and O–H groups in total. The Morgan fingerprint density at radius 3 is 2.67 bits per heavy atom. The van der Waals surface area contributed by atoms with Gasteiger partial charge in [0.15, 0.2) is 0 Å². The highest BCUT2D eigenvalue weighted by atomic mass is 35.5. The van der Waals surface area contributed by atoms with Crippen LogP contribution >= 0.6 is 11.6 Å². The van der Waals surface area contributed by atoms with Gasteiger partial charge < -0.3 is 4.90 Å². The molecule has 0 unspecified atom stereocenters. The molecule has 0 spiro atoms. The lowest BCUT2D eigenvalue weighted by Gasteiger charge is -2.31. The molecule has 2 nitrogen and oxygen atoms in total. The minimum atomic E-state index is 0.237. The second kappa shape index (κ2) is 4.55. The zero-order chi connectivity index (χ0) is 10.7. The summed E-state index contributed by atoms with van der Waals surface area (Å²) >= 11 is 5.94. The van der Waals surface area contributed by atoms with Gasteiger partial charge in [0.2, 0.25) is 0 Å². The van der Waals surface area contributed by atoms with Crippen molar-refractivity contribution in [3.05, 3.63) is 29.3 Å². The van der Waals surface area contributed by atoms with Crippen molar-refractivity contribution in [2.24, 2.45) is 5.92 Å². The van der Waals surface area contributed by atoms with E-state index in [-0.39, 0.29) is 5.92 Å². The molecule has 1 aliphatic heterocycles. The highest BCUT2D eigenvalue weighted by Gasteiger charge is 2.18. The number of anilines is 1. The fourth-order valence-electron chi connectivity index (χ4n) is 1.94. The lowest BCUT2D eigenvalue weighted by atomic mass is 9.98. The minimum absolute atomic E-state index is 0.237. The molecule has 0 saturated carbocycles. The van der Waals surface area contributed by atoms with Crippen molar-refractivity contribution in [1.29, 1.82) is 5.26 Å². The van der Waals surface area contributed by atoms with Crippen LogP contribution in [0.25, 0.3) is 0 Å². The second-order valence-corrected chi connectivity index (χ2v) is 4.31. The third-order valence-corrected chi connectivity index (χ3v) is 3.09. The Kier molecular flexibility index (Phi) is 3.13. The topological polar surface area (TPSA) is 27.0 Å². The monoisotopic (exact) mass is 220 g/mol. The zero-order valence-corrected chi connectivity index (χ0v) is 9.24. The maximum atomic E-state index is 8.80. The van der Waals surface area contributed by atoms with E-state index in [4.69, 9.17) is 16.9 Å². The van der Waals surface area contributed by atoms with Gasteiger partial charge >= 0.3 is 0 Å². The van der Waals surface area contributed by atoms with Crippen molar-refractivity contribution in [2.75, 3.05) is 18.0 Å². The lowest BCUT2D eigenvalue weighted by molar-refractivity contribution is 0.488. The van der Waals surface area contributed by atoms with Gasteiger partial charge in [-0.1, -0.05) is 17.7 Å². The minimum Gasteiger partial charge on any atom is -0.371 e.